The van der Waals surface area contributed by atoms with Gasteiger partial charge in [0.15, 0.2) is 0 Å². The predicted octanol–water partition coefficient (Wildman–Crippen LogP) is 3.68. The van der Waals surface area contributed by atoms with Crippen molar-refractivity contribution in [2.24, 2.45) is 0 Å². The Morgan fingerprint density at radius 3 is 2.59 bits per heavy atom. The Bertz CT molecular complexity index is 1210. The van der Waals surface area contributed by atoms with E-state index in [1.807, 2.05) is 12.1 Å². The third-order valence-corrected chi connectivity index (χ3v) is 4.15. The normalized spacial score (nSPS) is 10.9. The van der Waals surface area contributed by atoms with E-state index in [2.05, 4.69) is 20.3 Å². The second-order valence-corrected chi connectivity index (χ2v) is 6.15. The number of anilines is 1. The first-order valence-corrected chi connectivity index (χ1v) is 8.25. The topological polar surface area (TPSA) is 90.6 Å². The number of halogens is 1. The van der Waals surface area contributed by atoms with Gasteiger partial charge in [0.05, 0.1) is 17.5 Å². The average Bonchev–Trinajstić information content (AvgIpc) is 3.11. The van der Waals surface area contributed by atoms with E-state index in [0.717, 1.165) is 11.3 Å². The molecule has 2 heterocycles. The van der Waals surface area contributed by atoms with Crippen LogP contribution in [0.15, 0.2) is 59.5 Å². The van der Waals surface area contributed by atoms with Gasteiger partial charge in [-0.1, -0.05) is 12.1 Å². The highest BCUT2D eigenvalue weighted by atomic mass is 19.1. The first-order chi connectivity index (χ1) is 13.0. The van der Waals surface area contributed by atoms with Crippen molar-refractivity contribution in [2.75, 3.05) is 5.32 Å². The number of nitrogens with zero attached hydrogens (tertiary/aromatic N) is 1. The molecule has 0 saturated carbocycles. The number of hydrogen-bond donors (Lipinski definition) is 3. The van der Waals surface area contributed by atoms with Crippen molar-refractivity contribution in [3.05, 3.63) is 70.9 Å². The van der Waals surface area contributed by atoms with Crippen LogP contribution in [-0.4, -0.2) is 20.9 Å². The Morgan fingerprint density at radius 2 is 1.85 bits per heavy atom. The molecular formula is C20H15FN4O2. The number of carbonyl (C=O) groups excluding carboxylic acids is 1. The minimum absolute atomic E-state index is 0.140. The van der Waals surface area contributed by atoms with Gasteiger partial charge in [0, 0.05) is 23.5 Å². The van der Waals surface area contributed by atoms with Gasteiger partial charge >= 0.3 is 0 Å². The molecule has 4 aromatic rings. The summed E-state index contributed by atoms with van der Waals surface area (Å²) >= 11 is 0. The number of fused-ring (bicyclic) bond motifs is 1. The van der Waals surface area contributed by atoms with Crippen molar-refractivity contribution < 1.29 is 9.18 Å². The van der Waals surface area contributed by atoms with E-state index in [1.165, 1.54) is 25.1 Å². The number of nitrogens with one attached hydrogen (secondary N) is 3. The summed E-state index contributed by atoms with van der Waals surface area (Å²) in [6.45, 7) is 1.45. The van der Waals surface area contributed by atoms with Crippen LogP contribution in [0.1, 0.15) is 6.92 Å². The molecule has 0 aliphatic heterocycles. The molecule has 2 aromatic carbocycles. The van der Waals surface area contributed by atoms with Gasteiger partial charge in [-0.25, -0.2) is 9.37 Å². The van der Waals surface area contributed by atoms with Crippen LogP contribution in [0.4, 0.5) is 10.1 Å². The molecule has 0 bridgehead atoms. The molecule has 27 heavy (non-hydrogen) atoms. The van der Waals surface area contributed by atoms with Crippen molar-refractivity contribution in [1.29, 1.82) is 0 Å². The number of carbonyl (C=O) groups is 1. The lowest BCUT2D eigenvalue weighted by Crippen LogP contribution is -2.09. The van der Waals surface area contributed by atoms with Crippen LogP contribution in [0, 0.1) is 5.82 Å². The molecule has 0 radical (unpaired) electrons. The lowest BCUT2D eigenvalue weighted by Gasteiger charge is -2.03. The number of aromatic amines is 2. The van der Waals surface area contributed by atoms with Crippen LogP contribution in [0.25, 0.3) is 33.5 Å². The number of rotatable bonds is 3. The van der Waals surface area contributed by atoms with Crippen molar-refractivity contribution in [2.45, 2.75) is 6.92 Å². The van der Waals surface area contributed by atoms with Crippen LogP contribution in [-0.2, 0) is 4.79 Å². The summed E-state index contributed by atoms with van der Waals surface area (Å²) in [4.78, 5) is 33.6. The Kier molecular flexibility index (Phi) is 4.04. The SMILES string of the molecule is CC(=O)Nc1ccc(-c2cnc(-c3cc4cc(F)ccc4[nH]c3=O)[nH]2)cc1. The van der Waals surface area contributed by atoms with Crippen LogP contribution < -0.4 is 10.9 Å². The maximum Gasteiger partial charge on any atom is 0.259 e. The molecule has 0 unspecified atom stereocenters. The molecular weight excluding hydrogens is 347 g/mol. The molecule has 7 heteroatoms. The molecule has 0 spiro atoms. The van der Waals surface area contributed by atoms with Crippen molar-refractivity contribution in [1.82, 2.24) is 15.0 Å². The van der Waals surface area contributed by atoms with E-state index < -0.39 is 0 Å². The van der Waals surface area contributed by atoms with Crippen molar-refractivity contribution in [3.8, 4) is 22.6 Å². The molecule has 0 atom stereocenters. The molecule has 6 nitrogen and oxygen atoms in total. The number of amides is 1. The van der Waals surface area contributed by atoms with E-state index in [9.17, 15) is 14.0 Å². The first-order valence-electron chi connectivity index (χ1n) is 8.25. The van der Waals surface area contributed by atoms with Gasteiger partial charge in [0.25, 0.3) is 5.56 Å². The second kappa shape index (κ2) is 6.53. The van der Waals surface area contributed by atoms with E-state index in [1.54, 1.807) is 24.4 Å². The van der Waals surface area contributed by atoms with Crippen molar-refractivity contribution >= 4 is 22.5 Å². The molecule has 2 aromatic heterocycles. The standard InChI is InChI=1S/C20H15FN4O2/c1-11(26)23-15-5-2-12(3-6-15)18-10-22-19(24-18)16-9-13-8-14(21)4-7-17(13)25-20(16)27/h2-10H,1H3,(H,22,24)(H,23,26)(H,25,27). The highest BCUT2D eigenvalue weighted by Crippen LogP contribution is 2.23. The number of aromatic nitrogens is 3. The summed E-state index contributed by atoms with van der Waals surface area (Å²) in [6.07, 6.45) is 1.62. The summed E-state index contributed by atoms with van der Waals surface area (Å²) < 4.78 is 13.5. The lowest BCUT2D eigenvalue weighted by molar-refractivity contribution is -0.114. The molecule has 0 fully saturated rings. The van der Waals surface area contributed by atoms with Gasteiger partial charge in [-0.05, 0) is 42.0 Å². The fraction of sp³-hybridized carbons (Fsp3) is 0.0500. The Labute approximate surface area is 153 Å². The highest BCUT2D eigenvalue weighted by Gasteiger charge is 2.11. The summed E-state index contributed by atoms with van der Waals surface area (Å²) in [7, 11) is 0. The van der Waals surface area contributed by atoms with E-state index in [-0.39, 0.29) is 17.3 Å². The van der Waals surface area contributed by atoms with Gasteiger partial charge in [-0.2, -0.15) is 0 Å². The fourth-order valence-electron chi connectivity index (χ4n) is 2.89. The van der Waals surface area contributed by atoms with Gasteiger partial charge in [-0.3, -0.25) is 9.59 Å². The maximum absolute atomic E-state index is 13.5. The van der Waals surface area contributed by atoms with Crippen LogP contribution in [0.3, 0.4) is 0 Å². The minimum atomic E-state index is -0.375. The van der Waals surface area contributed by atoms with E-state index in [4.69, 9.17) is 0 Å². The number of benzene rings is 2. The highest BCUT2D eigenvalue weighted by molar-refractivity contribution is 5.89. The van der Waals surface area contributed by atoms with Gasteiger partial charge in [0.1, 0.15) is 11.6 Å². The summed E-state index contributed by atoms with van der Waals surface area (Å²) in [5.74, 6) is -0.123. The van der Waals surface area contributed by atoms with E-state index in [0.29, 0.717) is 28.0 Å². The maximum atomic E-state index is 13.5. The smallest absolute Gasteiger partial charge is 0.259 e. The number of hydrogen-bond acceptors (Lipinski definition) is 3. The third kappa shape index (κ3) is 3.35. The fourth-order valence-corrected chi connectivity index (χ4v) is 2.89. The largest absolute Gasteiger partial charge is 0.338 e. The average molecular weight is 362 g/mol. The second-order valence-electron chi connectivity index (χ2n) is 6.15. The van der Waals surface area contributed by atoms with E-state index >= 15 is 0 Å². The van der Waals surface area contributed by atoms with Crippen LogP contribution >= 0.6 is 0 Å². The number of pyridine rings is 1. The van der Waals surface area contributed by atoms with Gasteiger partial charge in [0.2, 0.25) is 5.91 Å². The molecule has 134 valence electrons. The van der Waals surface area contributed by atoms with Crippen molar-refractivity contribution in [3.63, 3.8) is 0 Å². The summed E-state index contributed by atoms with van der Waals surface area (Å²) in [5.41, 5.74) is 2.85. The third-order valence-electron chi connectivity index (χ3n) is 4.15. The lowest BCUT2D eigenvalue weighted by atomic mass is 10.1. The Morgan fingerprint density at radius 1 is 1.07 bits per heavy atom. The zero-order valence-corrected chi connectivity index (χ0v) is 14.3. The molecule has 0 aliphatic rings. The summed E-state index contributed by atoms with van der Waals surface area (Å²) in [5, 5.41) is 3.29. The molecule has 0 aliphatic carbocycles. The molecule has 3 N–H and O–H groups in total. The quantitative estimate of drug-likeness (QED) is 0.519. The Hall–Kier alpha value is -3.74. The number of imidazole rings is 1. The first kappa shape index (κ1) is 16.7. The van der Waals surface area contributed by atoms with Crippen LogP contribution in [0.2, 0.25) is 0 Å². The van der Waals surface area contributed by atoms with Crippen LogP contribution in [0.5, 0.6) is 0 Å². The van der Waals surface area contributed by atoms with Gasteiger partial charge in [-0.15, -0.1) is 0 Å². The molecule has 0 saturated heterocycles. The summed E-state index contributed by atoms with van der Waals surface area (Å²) in [6, 6.07) is 13.0. The monoisotopic (exact) mass is 362 g/mol. The minimum Gasteiger partial charge on any atom is -0.338 e. The van der Waals surface area contributed by atoms with Gasteiger partial charge < -0.3 is 15.3 Å². The zero-order chi connectivity index (χ0) is 19.0. The zero-order valence-electron chi connectivity index (χ0n) is 14.3. The predicted molar refractivity (Wildman–Crippen MR) is 102 cm³/mol. The molecule has 1 amide bonds. The number of H-pyrrole nitrogens is 2. The Balaban J connectivity index is 1.70. The molecule has 4 rings (SSSR count).